The van der Waals surface area contributed by atoms with Crippen LogP contribution in [-0.2, 0) is 10.0 Å². The van der Waals surface area contributed by atoms with Gasteiger partial charge in [-0.2, -0.15) is 0 Å². The standard InChI is InChI=1S/C14H15FN2O2S/c1-10(11-5-3-2-4-6-11)17-20(18,19)12-7-8-13(15)14(16)9-12/h2-10,17H,16H2,1H3/t10-/m0/s1. The molecule has 0 aliphatic carbocycles. The Kier molecular flexibility index (Phi) is 4.06. The van der Waals surface area contributed by atoms with E-state index in [4.69, 9.17) is 5.73 Å². The Hall–Kier alpha value is -1.92. The number of anilines is 1. The third-order valence-corrected chi connectivity index (χ3v) is 4.45. The number of nitrogen functional groups attached to an aromatic ring is 1. The summed E-state index contributed by atoms with van der Waals surface area (Å²) in [4.78, 5) is -0.0563. The first-order valence-electron chi connectivity index (χ1n) is 6.02. The number of rotatable bonds is 4. The molecule has 0 saturated carbocycles. The Morgan fingerprint density at radius 1 is 1.15 bits per heavy atom. The smallest absolute Gasteiger partial charge is 0.241 e. The number of benzene rings is 2. The van der Waals surface area contributed by atoms with Crippen molar-refractivity contribution in [1.82, 2.24) is 4.72 Å². The highest BCUT2D eigenvalue weighted by atomic mass is 32.2. The molecule has 0 radical (unpaired) electrons. The highest BCUT2D eigenvalue weighted by molar-refractivity contribution is 7.89. The van der Waals surface area contributed by atoms with Crippen LogP contribution in [-0.4, -0.2) is 8.42 Å². The molecule has 0 spiro atoms. The molecule has 0 heterocycles. The Labute approximate surface area is 117 Å². The predicted molar refractivity (Wildman–Crippen MR) is 76.0 cm³/mol. The van der Waals surface area contributed by atoms with Crippen molar-refractivity contribution in [2.24, 2.45) is 0 Å². The Morgan fingerprint density at radius 2 is 1.80 bits per heavy atom. The van der Waals surface area contributed by atoms with E-state index in [1.54, 1.807) is 6.92 Å². The fourth-order valence-electron chi connectivity index (χ4n) is 1.80. The molecule has 0 bridgehead atoms. The monoisotopic (exact) mass is 294 g/mol. The molecule has 0 fully saturated rings. The summed E-state index contributed by atoms with van der Waals surface area (Å²) in [6.07, 6.45) is 0. The van der Waals surface area contributed by atoms with Crippen LogP contribution in [0.1, 0.15) is 18.5 Å². The third kappa shape index (κ3) is 3.15. The van der Waals surface area contributed by atoms with E-state index in [0.717, 1.165) is 17.7 Å². The van der Waals surface area contributed by atoms with Gasteiger partial charge in [0.15, 0.2) is 0 Å². The molecule has 0 aliphatic rings. The molecule has 0 amide bonds. The molecule has 2 rings (SSSR count). The quantitative estimate of drug-likeness (QED) is 0.851. The molecule has 0 aromatic heterocycles. The van der Waals surface area contributed by atoms with Gasteiger partial charge in [-0.1, -0.05) is 30.3 Å². The first-order valence-corrected chi connectivity index (χ1v) is 7.51. The minimum Gasteiger partial charge on any atom is -0.396 e. The van der Waals surface area contributed by atoms with Crippen LogP contribution in [0.5, 0.6) is 0 Å². The average molecular weight is 294 g/mol. The number of nitrogens with two attached hydrogens (primary N) is 1. The zero-order valence-corrected chi connectivity index (χ0v) is 11.7. The lowest BCUT2D eigenvalue weighted by Crippen LogP contribution is -2.27. The van der Waals surface area contributed by atoms with Crippen LogP contribution in [0.3, 0.4) is 0 Å². The second-order valence-corrected chi connectivity index (χ2v) is 6.15. The Bertz CT molecular complexity index is 702. The summed E-state index contributed by atoms with van der Waals surface area (Å²) in [5.41, 5.74) is 6.04. The number of hydrogen-bond acceptors (Lipinski definition) is 3. The second-order valence-electron chi connectivity index (χ2n) is 4.44. The largest absolute Gasteiger partial charge is 0.396 e. The Balaban J connectivity index is 2.25. The van der Waals surface area contributed by atoms with Gasteiger partial charge in [0.2, 0.25) is 10.0 Å². The maximum atomic E-state index is 13.1. The highest BCUT2D eigenvalue weighted by Crippen LogP contribution is 2.19. The van der Waals surface area contributed by atoms with Crippen LogP contribution in [0.25, 0.3) is 0 Å². The van der Waals surface area contributed by atoms with E-state index < -0.39 is 21.9 Å². The van der Waals surface area contributed by atoms with Crippen molar-refractivity contribution in [3.05, 3.63) is 59.9 Å². The maximum Gasteiger partial charge on any atom is 0.241 e. The predicted octanol–water partition coefficient (Wildman–Crippen LogP) is 2.45. The lowest BCUT2D eigenvalue weighted by Gasteiger charge is -2.15. The van der Waals surface area contributed by atoms with E-state index in [9.17, 15) is 12.8 Å². The molecule has 3 N–H and O–H groups in total. The van der Waals surface area contributed by atoms with Crippen molar-refractivity contribution in [3.63, 3.8) is 0 Å². The maximum absolute atomic E-state index is 13.1. The number of nitrogens with one attached hydrogen (secondary N) is 1. The summed E-state index contributed by atoms with van der Waals surface area (Å²) in [7, 11) is -3.74. The SMILES string of the molecule is C[C@H](NS(=O)(=O)c1ccc(F)c(N)c1)c1ccccc1. The summed E-state index contributed by atoms with van der Waals surface area (Å²) < 4.78 is 40.0. The lowest BCUT2D eigenvalue weighted by atomic mass is 10.1. The molecule has 6 heteroatoms. The van der Waals surface area contributed by atoms with Crippen LogP contribution in [0, 0.1) is 5.82 Å². The first-order chi connectivity index (χ1) is 9.40. The number of hydrogen-bond donors (Lipinski definition) is 2. The summed E-state index contributed by atoms with van der Waals surface area (Å²) in [6.45, 7) is 1.74. The summed E-state index contributed by atoms with van der Waals surface area (Å²) >= 11 is 0. The van der Waals surface area contributed by atoms with E-state index in [-0.39, 0.29) is 10.6 Å². The van der Waals surface area contributed by atoms with E-state index in [0.29, 0.717) is 0 Å². The van der Waals surface area contributed by atoms with E-state index in [2.05, 4.69) is 4.72 Å². The highest BCUT2D eigenvalue weighted by Gasteiger charge is 2.19. The van der Waals surface area contributed by atoms with Crippen LogP contribution in [0.2, 0.25) is 0 Å². The molecule has 1 atom stereocenters. The van der Waals surface area contributed by atoms with E-state index in [1.165, 1.54) is 6.07 Å². The zero-order valence-electron chi connectivity index (χ0n) is 10.9. The topological polar surface area (TPSA) is 72.2 Å². The van der Waals surface area contributed by atoms with Gasteiger partial charge in [0.05, 0.1) is 10.6 Å². The fourth-order valence-corrected chi connectivity index (χ4v) is 3.07. The molecular weight excluding hydrogens is 279 g/mol. The number of sulfonamides is 1. The van der Waals surface area contributed by atoms with Crippen LogP contribution < -0.4 is 10.5 Å². The van der Waals surface area contributed by atoms with Crippen LogP contribution >= 0.6 is 0 Å². The summed E-state index contributed by atoms with van der Waals surface area (Å²) in [5, 5.41) is 0. The second kappa shape index (κ2) is 5.60. The molecule has 2 aromatic rings. The van der Waals surface area contributed by atoms with Gasteiger partial charge in [0.25, 0.3) is 0 Å². The molecule has 20 heavy (non-hydrogen) atoms. The third-order valence-electron chi connectivity index (χ3n) is 2.91. The van der Waals surface area contributed by atoms with Gasteiger partial charge >= 0.3 is 0 Å². The van der Waals surface area contributed by atoms with Gasteiger partial charge in [-0.3, -0.25) is 0 Å². The van der Waals surface area contributed by atoms with E-state index in [1.807, 2.05) is 30.3 Å². The molecular formula is C14H15FN2O2S. The zero-order chi connectivity index (χ0) is 14.8. The first kappa shape index (κ1) is 14.5. The Morgan fingerprint density at radius 3 is 2.40 bits per heavy atom. The molecule has 4 nitrogen and oxygen atoms in total. The van der Waals surface area contributed by atoms with Gasteiger partial charge in [-0.25, -0.2) is 17.5 Å². The molecule has 0 unspecified atom stereocenters. The van der Waals surface area contributed by atoms with Crippen LogP contribution in [0.4, 0.5) is 10.1 Å². The fraction of sp³-hybridized carbons (Fsp3) is 0.143. The molecule has 2 aromatic carbocycles. The van der Waals surface area contributed by atoms with Gasteiger partial charge in [0.1, 0.15) is 5.82 Å². The van der Waals surface area contributed by atoms with Crippen molar-refractivity contribution < 1.29 is 12.8 Å². The minimum atomic E-state index is -3.74. The van der Waals surface area contributed by atoms with Crippen LogP contribution in [0.15, 0.2) is 53.4 Å². The molecule has 0 aliphatic heterocycles. The van der Waals surface area contributed by atoms with Crippen molar-refractivity contribution in [2.45, 2.75) is 17.9 Å². The van der Waals surface area contributed by atoms with E-state index >= 15 is 0 Å². The van der Waals surface area contributed by atoms with Crippen molar-refractivity contribution in [1.29, 1.82) is 0 Å². The molecule has 0 saturated heterocycles. The minimum absolute atomic E-state index is 0.0563. The molecule has 106 valence electrons. The van der Waals surface area contributed by atoms with Gasteiger partial charge in [-0.15, -0.1) is 0 Å². The normalized spacial score (nSPS) is 13.1. The van der Waals surface area contributed by atoms with Gasteiger partial charge < -0.3 is 5.73 Å². The lowest BCUT2D eigenvalue weighted by molar-refractivity contribution is 0.566. The number of halogens is 1. The van der Waals surface area contributed by atoms with Crippen molar-refractivity contribution in [2.75, 3.05) is 5.73 Å². The van der Waals surface area contributed by atoms with Crippen molar-refractivity contribution >= 4 is 15.7 Å². The van der Waals surface area contributed by atoms with Crippen molar-refractivity contribution in [3.8, 4) is 0 Å². The van der Waals surface area contributed by atoms with Gasteiger partial charge in [-0.05, 0) is 30.7 Å². The summed E-state index contributed by atoms with van der Waals surface area (Å²) in [5.74, 6) is -0.639. The average Bonchev–Trinajstić information content (AvgIpc) is 2.42. The summed E-state index contributed by atoms with van der Waals surface area (Å²) in [6, 6.07) is 12.1. The van der Waals surface area contributed by atoms with Gasteiger partial charge in [0, 0.05) is 6.04 Å².